The number of furan rings is 1. The van der Waals surface area contributed by atoms with Gasteiger partial charge in [-0.3, -0.25) is 4.79 Å². The van der Waals surface area contributed by atoms with Crippen molar-refractivity contribution >= 4 is 27.7 Å². The maximum atomic E-state index is 12.9. The summed E-state index contributed by atoms with van der Waals surface area (Å²) >= 11 is 0. The summed E-state index contributed by atoms with van der Waals surface area (Å²) in [6, 6.07) is 14.8. The van der Waals surface area contributed by atoms with Crippen LogP contribution in [0.4, 0.5) is 10.1 Å². The van der Waals surface area contributed by atoms with E-state index in [-0.39, 0.29) is 23.2 Å². The van der Waals surface area contributed by atoms with Crippen LogP contribution in [0.3, 0.4) is 0 Å². The Labute approximate surface area is 161 Å². The molecule has 3 rings (SSSR count). The molecule has 0 aliphatic heterocycles. The monoisotopic (exact) mass is 400 g/mol. The molecule has 0 atom stereocenters. The van der Waals surface area contributed by atoms with Crippen molar-refractivity contribution in [2.24, 2.45) is 0 Å². The maximum absolute atomic E-state index is 12.9. The normalized spacial score (nSPS) is 11.6. The highest BCUT2D eigenvalue weighted by atomic mass is 32.2. The molecular formula is C20H17FN2O4S. The van der Waals surface area contributed by atoms with E-state index in [9.17, 15) is 17.6 Å². The van der Waals surface area contributed by atoms with Crippen LogP contribution in [0.5, 0.6) is 0 Å². The minimum atomic E-state index is -3.67. The summed E-state index contributed by atoms with van der Waals surface area (Å²) in [5, 5.41) is 2.60. The largest absolute Gasteiger partial charge is 0.468 e. The Hall–Kier alpha value is -3.23. The molecule has 1 heterocycles. The third kappa shape index (κ3) is 5.38. The molecule has 28 heavy (non-hydrogen) atoms. The molecule has 8 heteroatoms. The number of nitrogens with one attached hydrogen (secondary N) is 2. The van der Waals surface area contributed by atoms with Gasteiger partial charge in [-0.2, -0.15) is 0 Å². The number of amides is 1. The molecule has 1 amide bonds. The lowest BCUT2D eigenvalue weighted by molar-refractivity contribution is -0.111. The van der Waals surface area contributed by atoms with Gasteiger partial charge < -0.3 is 9.73 Å². The SMILES string of the molecule is O=C(/C=C/c1ccc(S(=O)(=O)NCc2ccco2)cc1)Nc1ccc(F)cc1. The van der Waals surface area contributed by atoms with Crippen LogP contribution in [0.15, 0.2) is 82.3 Å². The number of benzene rings is 2. The summed E-state index contributed by atoms with van der Waals surface area (Å²) in [6.07, 6.45) is 4.32. The van der Waals surface area contributed by atoms with E-state index in [2.05, 4.69) is 10.0 Å². The van der Waals surface area contributed by atoms with E-state index < -0.39 is 10.0 Å². The highest BCUT2D eigenvalue weighted by molar-refractivity contribution is 7.89. The van der Waals surface area contributed by atoms with Gasteiger partial charge in [0.25, 0.3) is 0 Å². The fourth-order valence-electron chi connectivity index (χ4n) is 2.31. The molecule has 0 spiro atoms. The van der Waals surface area contributed by atoms with E-state index in [1.807, 2.05) is 0 Å². The van der Waals surface area contributed by atoms with Crippen LogP contribution in [0.2, 0.25) is 0 Å². The Morgan fingerprint density at radius 2 is 1.75 bits per heavy atom. The summed E-state index contributed by atoms with van der Waals surface area (Å²) in [5.41, 5.74) is 1.12. The molecule has 0 saturated carbocycles. The van der Waals surface area contributed by atoms with E-state index in [1.165, 1.54) is 48.7 Å². The summed E-state index contributed by atoms with van der Waals surface area (Å²) in [4.78, 5) is 12.0. The van der Waals surface area contributed by atoms with Crippen LogP contribution in [-0.2, 0) is 21.4 Å². The van der Waals surface area contributed by atoms with E-state index >= 15 is 0 Å². The number of anilines is 1. The van der Waals surface area contributed by atoms with E-state index in [4.69, 9.17) is 4.42 Å². The Balaban J connectivity index is 1.59. The van der Waals surface area contributed by atoms with Crippen LogP contribution in [0.25, 0.3) is 6.08 Å². The highest BCUT2D eigenvalue weighted by Gasteiger charge is 2.13. The minimum Gasteiger partial charge on any atom is -0.468 e. The van der Waals surface area contributed by atoms with Gasteiger partial charge in [0.2, 0.25) is 15.9 Å². The van der Waals surface area contributed by atoms with Gasteiger partial charge in [-0.25, -0.2) is 17.5 Å². The molecule has 0 unspecified atom stereocenters. The smallest absolute Gasteiger partial charge is 0.248 e. The number of carbonyl (C=O) groups excluding carboxylic acids is 1. The summed E-state index contributed by atoms with van der Waals surface area (Å²) in [6.45, 7) is 0.0561. The van der Waals surface area contributed by atoms with Gasteiger partial charge >= 0.3 is 0 Å². The fourth-order valence-corrected chi connectivity index (χ4v) is 3.30. The average molecular weight is 400 g/mol. The van der Waals surface area contributed by atoms with Gasteiger partial charge in [-0.15, -0.1) is 0 Å². The lowest BCUT2D eigenvalue weighted by Gasteiger charge is -2.05. The zero-order valence-electron chi connectivity index (χ0n) is 14.6. The van der Waals surface area contributed by atoms with Crippen molar-refractivity contribution in [2.45, 2.75) is 11.4 Å². The summed E-state index contributed by atoms with van der Waals surface area (Å²) in [5.74, 6) is -0.263. The number of rotatable bonds is 7. The minimum absolute atomic E-state index is 0.0561. The maximum Gasteiger partial charge on any atom is 0.248 e. The number of sulfonamides is 1. The molecule has 0 radical (unpaired) electrons. The molecule has 0 fully saturated rings. The third-order valence-corrected chi connectivity index (χ3v) is 5.16. The lowest BCUT2D eigenvalue weighted by atomic mass is 10.2. The van der Waals surface area contributed by atoms with Gasteiger partial charge in [-0.05, 0) is 60.2 Å². The molecule has 3 aromatic rings. The number of halogens is 1. The van der Waals surface area contributed by atoms with Crippen LogP contribution in [0.1, 0.15) is 11.3 Å². The summed E-state index contributed by atoms with van der Waals surface area (Å²) < 4.78 is 44.9. The molecule has 0 saturated heterocycles. The fraction of sp³-hybridized carbons (Fsp3) is 0.0500. The van der Waals surface area contributed by atoms with Gasteiger partial charge in [-0.1, -0.05) is 12.1 Å². The molecule has 2 N–H and O–H groups in total. The Morgan fingerprint density at radius 3 is 2.39 bits per heavy atom. The first-order chi connectivity index (χ1) is 13.4. The molecular weight excluding hydrogens is 383 g/mol. The van der Waals surface area contributed by atoms with E-state index in [1.54, 1.807) is 30.3 Å². The summed E-state index contributed by atoms with van der Waals surface area (Å²) in [7, 11) is -3.67. The van der Waals surface area contributed by atoms with Crippen LogP contribution >= 0.6 is 0 Å². The first-order valence-electron chi connectivity index (χ1n) is 8.29. The lowest BCUT2D eigenvalue weighted by Crippen LogP contribution is -2.22. The second-order valence-corrected chi connectivity index (χ2v) is 7.57. The Bertz CT molecular complexity index is 1060. The van der Waals surface area contributed by atoms with Crippen molar-refractivity contribution < 1.29 is 22.0 Å². The molecule has 144 valence electrons. The van der Waals surface area contributed by atoms with Crippen molar-refractivity contribution in [3.63, 3.8) is 0 Å². The zero-order valence-corrected chi connectivity index (χ0v) is 15.4. The van der Waals surface area contributed by atoms with Crippen LogP contribution < -0.4 is 10.0 Å². The van der Waals surface area contributed by atoms with Gasteiger partial charge in [0.15, 0.2) is 0 Å². The van der Waals surface area contributed by atoms with E-state index in [0.717, 1.165) is 0 Å². The first-order valence-corrected chi connectivity index (χ1v) is 9.77. The van der Waals surface area contributed by atoms with E-state index in [0.29, 0.717) is 17.0 Å². The van der Waals surface area contributed by atoms with Crippen LogP contribution in [-0.4, -0.2) is 14.3 Å². The number of carbonyl (C=O) groups is 1. The predicted molar refractivity (Wildman–Crippen MR) is 103 cm³/mol. The van der Waals surface area contributed by atoms with Gasteiger partial charge in [0.05, 0.1) is 17.7 Å². The average Bonchev–Trinajstić information content (AvgIpc) is 3.21. The van der Waals surface area contributed by atoms with Gasteiger partial charge in [0.1, 0.15) is 11.6 Å². The van der Waals surface area contributed by atoms with Gasteiger partial charge in [0, 0.05) is 11.8 Å². The molecule has 1 aromatic heterocycles. The zero-order chi connectivity index (χ0) is 20.0. The van der Waals surface area contributed by atoms with Crippen molar-refractivity contribution in [3.05, 3.63) is 90.1 Å². The Kier molecular flexibility index (Phi) is 6.03. The number of hydrogen-bond donors (Lipinski definition) is 2. The Morgan fingerprint density at radius 1 is 1.04 bits per heavy atom. The van der Waals surface area contributed by atoms with Crippen molar-refractivity contribution in [1.29, 1.82) is 0 Å². The third-order valence-electron chi connectivity index (χ3n) is 3.75. The second-order valence-electron chi connectivity index (χ2n) is 5.80. The van der Waals surface area contributed by atoms with Crippen molar-refractivity contribution in [1.82, 2.24) is 4.72 Å². The molecule has 6 nitrogen and oxygen atoms in total. The highest BCUT2D eigenvalue weighted by Crippen LogP contribution is 2.13. The predicted octanol–water partition coefficient (Wildman–Crippen LogP) is 3.55. The second kappa shape index (κ2) is 8.64. The van der Waals surface area contributed by atoms with Crippen LogP contribution in [0, 0.1) is 5.82 Å². The van der Waals surface area contributed by atoms with Crippen molar-refractivity contribution in [3.8, 4) is 0 Å². The molecule has 2 aromatic carbocycles. The quantitative estimate of drug-likeness (QED) is 0.594. The standard InChI is InChI=1S/C20H17FN2O4S/c21-16-6-8-17(9-7-16)23-20(24)12-5-15-3-10-19(11-4-15)28(25,26)22-14-18-2-1-13-27-18/h1-13,22H,14H2,(H,23,24)/b12-5+. The number of hydrogen-bond acceptors (Lipinski definition) is 4. The molecule has 0 bridgehead atoms. The molecule has 0 aliphatic carbocycles. The topological polar surface area (TPSA) is 88.4 Å². The van der Waals surface area contributed by atoms with Crippen molar-refractivity contribution in [2.75, 3.05) is 5.32 Å². The molecule has 0 aliphatic rings. The first kappa shape index (κ1) is 19.5.